The van der Waals surface area contributed by atoms with Crippen LogP contribution in [-0.4, -0.2) is 36.3 Å². The van der Waals surface area contributed by atoms with Crippen molar-refractivity contribution in [3.05, 3.63) is 0 Å². The molecule has 20 heavy (non-hydrogen) atoms. The fourth-order valence-corrected chi connectivity index (χ4v) is 4.32. The van der Waals surface area contributed by atoms with Crippen LogP contribution in [0.5, 0.6) is 0 Å². The number of imide groups is 1. The van der Waals surface area contributed by atoms with Gasteiger partial charge in [0.2, 0.25) is 11.8 Å². The van der Waals surface area contributed by atoms with Crippen LogP contribution >= 0.6 is 0 Å². The molecule has 3 aliphatic rings. The first-order chi connectivity index (χ1) is 9.54. The molecule has 3 unspecified atom stereocenters. The molecule has 0 aromatic rings. The minimum atomic E-state index is -0.00685. The van der Waals surface area contributed by atoms with Gasteiger partial charge < -0.3 is 5.32 Å². The van der Waals surface area contributed by atoms with Gasteiger partial charge >= 0.3 is 0 Å². The molecule has 1 aliphatic carbocycles. The van der Waals surface area contributed by atoms with E-state index in [-0.39, 0.29) is 29.1 Å². The van der Waals surface area contributed by atoms with Gasteiger partial charge in [0.1, 0.15) is 0 Å². The van der Waals surface area contributed by atoms with E-state index >= 15 is 0 Å². The number of carbonyl (C=O) groups excluding carboxylic acids is 2. The SMILES string of the molecule is CCC1CC2C(=O)N(CC3(C)CCCNC3)C(=O)C2C1. The van der Waals surface area contributed by atoms with Crippen LogP contribution in [0.25, 0.3) is 0 Å². The van der Waals surface area contributed by atoms with Crippen LogP contribution in [0.15, 0.2) is 0 Å². The van der Waals surface area contributed by atoms with E-state index in [4.69, 9.17) is 0 Å². The fourth-order valence-electron chi connectivity index (χ4n) is 4.32. The third-order valence-corrected chi connectivity index (χ3v) is 5.63. The van der Waals surface area contributed by atoms with Gasteiger partial charge in [-0.15, -0.1) is 0 Å². The third-order valence-electron chi connectivity index (χ3n) is 5.63. The zero-order valence-electron chi connectivity index (χ0n) is 12.7. The smallest absolute Gasteiger partial charge is 0.233 e. The molecular formula is C16H26N2O2. The Bertz CT molecular complexity index is 391. The highest BCUT2D eigenvalue weighted by molar-refractivity contribution is 6.05. The van der Waals surface area contributed by atoms with Gasteiger partial charge in [-0.05, 0) is 43.6 Å². The molecule has 3 atom stereocenters. The molecule has 2 amide bonds. The lowest BCUT2D eigenvalue weighted by atomic mass is 9.82. The van der Waals surface area contributed by atoms with E-state index in [1.54, 1.807) is 4.90 Å². The Kier molecular flexibility index (Phi) is 3.61. The maximum Gasteiger partial charge on any atom is 0.233 e. The van der Waals surface area contributed by atoms with Crippen LogP contribution in [-0.2, 0) is 9.59 Å². The van der Waals surface area contributed by atoms with Crippen LogP contribution < -0.4 is 5.32 Å². The Morgan fingerprint density at radius 2 is 1.90 bits per heavy atom. The molecule has 2 saturated heterocycles. The van der Waals surface area contributed by atoms with Crippen LogP contribution in [0, 0.1) is 23.2 Å². The van der Waals surface area contributed by atoms with E-state index in [0.717, 1.165) is 45.2 Å². The van der Waals surface area contributed by atoms with Crippen molar-refractivity contribution >= 4 is 11.8 Å². The van der Waals surface area contributed by atoms with Crippen molar-refractivity contribution < 1.29 is 9.59 Å². The molecule has 0 spiro atoms. The predicted molar refractivity (Wildman–Crippen MR) is 76.9 cm³/mol. The molecule has 0 aromatic carbocycles. The van der Waals surface area contributed by atoms with E-state index in [9.17, 15) is 9.59 Å². The summed E-state index contributed by atoms with van der Waals surface area (Å²) in [4.78, 5) is 26.7. The highest BCUT2D eigenvalue weighted by atomic mass is 16.2. The molecule has 112 valence electrons. The monoisotopic (exact) mass is 278 g/mol. The first kappa shape index (κ1) is 14.1. The molecule has 4 nitrogen and oxygen atoms in total. The summed E-state index contributed by atoms with van der Waals surface area (Å²) in [6, 6.07) is 0. The minimum absolute atomic E-state index is 0.00685. The van der Waals surface area contributed by atoms with E-state index in [0.29, 0.717) is 12.5 Å². The lowest BCUT2D eigenvalue weighted by molar-refractivity contribution is -0.142. The van der Waals surface area contributed by atoms with Crippen molar-refractivity contribution in [1.29, 1.82) is 0 Å². The summed E-state index contributed by atoms with van der Waals surface area (Å²) in [5.41, 5.74) is 0.0619. The highest BCUT2D eigenvalue weighted by Gasteiger charge is 2.53. The second-order valence-electron chi connectivity index (χ2n) is 7.31. The zero-order chi connectivity index (χ0) is 14.3. The summed E-state index contributed by atoms with van der Waals surface area (Å²) in [6.45, 7) is 6.94. The quantitative estimate of drug-likeness (QED) is 0.801. The molecule has 3 rings (SSSR count). The van der Waals surface area contributed by atoms with Crippen molar-refractivity contribution in [2.24, 2.45) is 23.2 Å². The number of piperidine rings is 1. The standard InChI is InChI=1S/C16H26N2O2/c1-3-11-7-12-13(8-11)15(20)18(14(12)19)10-16(2)5-4-6-17-9-16/h11-13,17H,3-10H2,1-2H3. The summed E-state index contributed by atoms with van der Waals surface area (Å²) in [7, 11) is 0. The van der Waals surface area contributed by atoms with Gasteiger partial charge in [-0.1, -0.05) is 20.3 Å². The van der Waals surface area contributed by atoms with Crippen molar-refractivity contribution in [2.75, 3.05) is 19.6 Å². The number of amides is 2. The zero-order valence-corrected chi connectivity index (χ0v) is 12.7. The number of hydrogen-bond donors (Lipinski definition) is 1. The normalized spacial score (nSPS) is 41.3. The first-order valence-corrected chi connectivity index (χ1v) is 8.10. The van der Waals surface area contributed by atoms with Gasteiger partial charge in [-0.2, -0.15) is 0 Å². The number of likely N-dealkylation sites (tertiary alicyclic amines) is 1. The average Bonchev–Trinajstić information content (AvgIpc) is 2.95. The highest BCUT2D eigenvalue weighted by Crippen LogP contribution is 2.45. The van der Waals surface area contributed by atoms with Gasteiger partial charge in [0.15, 0.2) is 0 Å². The summed E-state index contributed by atoms with van der Waals surface area (Å²) >= 11 is 0. The van der Waals surface area contributed by atoms with Gasteiger partial charge in [0, 0.05) is 13.1 Å². The van der Waals surface area contributed by atoms with E-state index < -0.39 is 0 Å². The van der Waals surface area contributed by atoms with Crippen molar-refractivity contribution in [2.45, 2.75) is 46.0 Å². The molecular weight excluding hydrogens is 252 g/mol. The van der Waals surface area contributed by atoms with Crippen molar-refractivity contribution in [3.8, 4) is 0 Å². The molecule has 2 heterocycles. The maximum atomic E-state index is 12.6. The number of rotatable bonds is 3. The van der Waals surface area contributed by atoms with Crippen molar-refractivity contribution in [1.82, 2.24) is 10.2 Å². The molecule has 4 heteroatoms. The van der Waals surface area contributed by atoms with Crippen LogP contribution in [0.4, 0.5) is 0 Å². The summed E-state index contributed by atoms with van der Waals surface area (Å²) in [5, 5.41) is 3.40. The topological polar surface area (TPSA) is 49.4 Å². The third kappa shape index (κ3) is 2.28. The lowest BCUT2D eigenvalue weighted by Crippen LogP contribution is -2.48. The Labute approximate surface area is 121 Å². The molecule has 1 N–H and O–H groups in total. The molecule has 0 bridgehead atoms. The number of nitrogens with zero attached hydrogens (tertiary/aromatic N) is 1. The van der Waals surface area contributed by atoms with Gasteiger partial charge in [0.25, 0.3) is 0 Å². The Hall–Kier alpha value is -0.900. The summed E-state index contributed by atoms with van der Waals surface area (Å²) in [5.74, 6) is 0.790. The molecule has 2 aliphatic heterocycles. The first-order valence-electron chi connectivity index (χ1n) is 8.10. The molecule has 0 radical (unpaired) electrons. The van der Waals surface area contributed by atoms with E-state index in [1.807, 2.05) is 0 Å². The van der Waals surface area contributed by atoms with Crippen LogP contribution in [0.1, 0.15) is 46.0 Å². The van der Waals surface area contributed by atoms with Crippen LogP contribution in [0.3, 0.4) is 0 Å². The fraction of sp³-hybridized carbons (Fsp3) is 0.875. The number of nitrogens with one attached hydrogen (secondary N) is 1. The number of carbonyl (C=O) groups is 2. The van der Waals surface area contributed by atoms with Gasteiger partial charge in [-0.3, -0.25) is 14.5 Å². The van der Waals surface area contributed by atoms with Gasteiger partial charge in [-0.25, -0.2) is 0 Å². The second-order valence-corrected chi connectivity index (χ2v) is 7.31. The second kappa shape index (κ2) is 5.14. The Balaban J connectivity index is 1.70. The largest absolute Gasteiger partial charge is 0.316 e. The minimum Gasteiger partial charge on any atom is -0.316 e. The predicted octanol–water partition coefficient (Wildman–Crippen LogP) is 1.80. The van der Waals surface area contributed by atoms with E-state index in [1.165, 1.54) is 0 Å². The van der Waals surface area contributed by atoms with Gasteiger partial charge in [0.05, 0.1) is 11.8 Å². The molecule has 1 saturated carbocycles. The molecule has 0 aromatic heterocycles. The summed E-state index contributed by atoms with van der Waals surface area (Å²) in [6.07, 6.45) is 5.19. The van der Waals surface area contributed by atoms with Crippen LogP contribution in [0.2, 0.25) is 0 Å². The lowest BCUT2D eigenvalue weighted by Gasteiger charge is -2.37. The molecule has 3 fully saturated rings. The Morgan fingerprint density at radius 3 is 2.40 bits per heavy atom. The number of hydrogen-bond acceptors (Lipinski definition) is 3. The summed E-state index contributed by atoms with van der Waals surface area (Å²) < 4.78 is 0. The van der Waals surface area contributed by atoms with Crippen molar-refractivity contribution in [3.63, 3.8) is 0 Å². The maximum absolute atomic E-state index is 12.6. The Morgan fingerprint density at radius 1 is 1.25 bits per heavy atom. The average molecular weight is 278 g/mol. The van der Waals surface area contributed by atoms with E-state index in [2.05, 4.69) is 19.2 Å². The number of fused-ring (bicyclic) bond motifs is 1.